The number of carbonyl (C=O) groups is 2. The first-order valence-corrected chi connectivity index (χ1v) is 11.2. The van der Waals surface area contributed by atoms with E-state index in [4.69, 9.17) is 9.47 Å². The second kappa shape index (κ2) is 11.0. The van der Waals surface area contributed by atoms with Crippen LogP contribution >= 0.6 is 0 Å². The number of nitrogens with one attached hydrogen (secondary N) is 1. The van der Waals surface area contributed by atoms with Gasteiger partial charge < -0.3 is 19.7 Å². The van der Waals surface area contributed by atoms with Gasteiger partial charge in [0.1, 0.15) is 5.82 Å². The molecule has 0 spiro atoms. The molecular formula is C25H31FN2O4. The van der Waals surface area contributed by atoms with Crippen molar-refractivity contribution in [1.29, 1.82) is 0 Å². The summed E-state index contributed by atoms with van der Waals surface area (Å²) in [6.07, 6.45) is 1.47. The molecule has 2 amide bonds. The lowest BCUT2D eigenvalue weighted by molar-refractivity contribution is -0.127. The number of carbonyl (C=O) groups excluding carboxylic acids is 2. The van der Waals surface area contributed by atoms with Gasteiger partial charge in [0.15, 0.2) is 11.5 Å². The van der Waals surface area contributed by atoms with Gasteiger partial charge in [0.2, 0.25) is 5.91 Å². The molecule has 6 nitrogen and oxygen atoms in total. The molecule has 1 N–H and O–H groups in total. The van der Waals surface area contributed by atoms with Crippen LogP contribution in [0.5, 0.6) is 11.5 Å². The average molecular weight is 443 g/mol. The number of nitrogens with zero attached hydrogens (tertiary/aromatic N) is 1. The van der Waals surface area contributed by atoms with Crippen LogP contribution in [0, 0.1) is 11.7 Å². The van der Waals surface area contributed by atoms with Gasteiger partial charge in [0.05, 0.1) is 25.2 Å². The van der Waals surface area contributed by atoms with E-state index in [1.165, 1.54) is 24.3 Å². The molecule has 1 heterocycles. The van der Waals surface area contributed by atoms with Gasteiger partial charge in [-0.3, -0.25) is 9.59 Å². The number of rotatable bonds is 8. The molecule has 0 aromatic heterocycles. The minimum Gasteiger partial charge on any atom is -0.490 e. The zero-order chi connectivity index (χ0) is 23.1. The molecule has 2 atom stereocenters. The molecule has 1 aliphatic rings. The smallest absolute Gasteiger partial charge is 0.253 e. The molecule has 2 aromatic carbocycles. The number of piperidine rings is 1. The average Bonchev–Trinajstić information content (AvgIpc) is 2.80. The predicted molar refractivity (Wildman–Crippen MR) is 120 cm³/mol. The maximum absolute atomic E-state index is 13.2. The third-order valence-corrected chi connectivity index (χ3v) is 5.60. The van der Waals surface area contributed by atoms with E-state index in [-0.39, 0.29) is 29.6 Å². The first kappa shape index (κ1) is 23.6. The fraction of sp³-hybridized carbons (Fsp3) is 0.440. The summed E-state index contributed by atoms with van der Waals surface area (Å²) >= 11 is 0. The van der Waals surface area contributed by atoms with Crippen LogP contribution in [0.3, 0.4) is 0 Å². The second-order valence-corrected chi connectivity index (χ2v) is 7.90. The fourth-order valence-corrected chi connectivity index (χ4v) is 3.90. The minimum absolute atomic E-state index is 0.0825. The third kappa shape index (κ3) is 5.78. The molecule has 0 bridgehead atoms. The summed E-state index contributed by atoms with van der Waals surface area (Å²) in [5.74, 6) is 0.405. The van der Waals surface area contributed by atoms with Gasteiger partial charge in [-0.25, -0.2) is 4.39 Å². The summed E-state index contributed by atoms with van der Waals surface area (Å²) in [6, 6.07) is 11.0. The Bertz CT molecular complexity index is 932. The fourth-order valence-electron chi connectivity index (χ4n) is 3.90. The van der Waals surface area contributed by atoms with E-state index in [1.807, 2.05) is 39.0 Å². The lowest BCUT2D eigenvalue weighted by Gasteiger charge is -2.32. The van der Waals surface area contributed by atoms with Crippen molar-refractivity contribution in [2.45, 2.75) is 39.7 Å². The zero-order valence-electron chi connectivity index (χ0n) is 18.9. The summed E-state index contributed by atoms with van der Waals surface area (Å²) in [5.41, 5.74) is 1.35. The van der Waals surface area contributed by atoms with Gasteiger partial charge in [0.25, 0.3) is 5.91 Å². The molecule has 0 aliphatic carbocycles. The monoisotopic (exact) mass is 442 g/mol. The van der Waals surface area contributed by atoms with E-state index >= 15 is 0 Å². The molecule has 0 saturated carbocycles. The number of halogens is 1. The van der Waals surface area contributed by atoms with Crippen molar-refractivity contribution in [2.75, 3.05) is 26.3 Å². The first-order valence-electron chi connectivity index (χ1n) is 11.2. The number of hydrogen-bond acceptors (Lipinski definition) is 4. The van der Waals surface area contributed by atoms with E-state index in [9.17, 15) is 14.0 Å². The van der Waals surface area contributed by atoms with Crippen LogP contribution in [0.25, 0.3) is 0 Å². The van der Waals surface area contributed by atoms with Crippen LogP contribution in [0.4, 0.5) is 4.39 Å². The van der Waals surface area contributed by atoms with Crippen LogP contribution in [-0.4, -0.2) is 43.0 Å². The molecule has 1 fully saturated rings. The maximum Gasteiger partial charge on any atom is 0.253 e. The normalized spacial score (nSPS) is 16.9. The van der Waals surface area contributed by atoms with Crippen molar-refractivity contribution in [3.63, 3.8) is 0 Å². The number of ether oxygens (including phenoxy) is 2. The van der Waals surface area contributed by atoms with E-state index in [0.29, 0.717) is 43.4 Å². The molecule has 3 rings (SSSR count). The van der Waals surface area contributed by atoms with Crippen LogP contribution in [0.2, 0.25) is 0 Å². The summed E-state index contributed by atoms with van der Waals surface area (Å²) in [4.78, 5) is 27.4. The topological polar surface area (TPSA) is 67.9 Å². The molecule has 7 heteroatoms. The Labute approximate surface area is 188 Å². The van der Waals surface area contributed by atoms with Gasteiger partial charge >= 0.3 is 0 Å². The summed E-state index contributed by atoms with van der Waals surface area (Å²) < 4.78 is 24.5. The SMILES string of the molecule is CCOc1ccc([C@H](C)NC(=O)[C@@H]2CCCN(C(=O)c3ccc(F)cc3)C2)cc1OCC. The minimum atomic E-state index is -0.381. The lowest BCUT2D eigenvalue weighted by atomic mass is 9.95. The third-order valence-electron chi connectivity index (χ3n) is 5.60. The molecule has 32 heavy (non-hydrogen) atoms. The Morgan fingerprint density at radius 3 is 2.47 bits per heavy atom. The Morgan fingerprint density at radius 2 is 1.78 bits per heavy atom. The molecule has 1 aliphatic heterocycles. The van der Waals surface area contributed by atoms with E-state index < -0.39 is 0 Å². The quantitative estimate of drug-likeness (QED) is 0.660. The van der Waals surface area contributed by atoms with Gasteiger partial charge in [-0.2, -0.15) is 0 Å². The first-order chi connectivity index (χ1) is 15.4. The molecule has 2 aromatic rings. The van der Waals surface area contributed by atoms with Crippen molar-refractivity contribution in [2.24, 2.45) is 5.92 Å². The van der Waals surface area contributed by atoms with Crippen molar-refractivity contribution < 1.29 is 23.5 Å². The highest BCUT2D eigenvalue weighted by Gasteiger charge is 2.29. The number of benzene rings is 2. The van der Waals surface area contributed by atoms with Crippen molar-refractivity contribution >= 4 is 11.8 Å². The van der Waals surface area contributed by atoms with Crippen LogP contribution < -0.4 is 14.8 Å². The second-order valence-electron chi connectivity index (χ2n) is 7.90. The summed E-state index contributed by atoms with van der Waals surface area (Å²) in [7, 11) is 0. The lowest BCUT2D eigenvalue weighted by Crippen LogP contribution is -2.45. The van der Waals surface area contributed by atoms with E-state index in [1.54, 1.807) is 4.90 Å². The van der Waals surface area contributed by atoms with Crippen LogP contribution in [0.1, 0.15) is 55.6 Å². The Kier molecular flexibility index (Phi) is 8.09. The van der Waals surface area contributed by atoms with Crippen LogP contribution in [0.15, 0.2) is 42.5 Å². The summed E-state index contributed by atoms with van der Waals surface area (Å²) in [5, 5.41) is 3.07. The standard InChI is InChI=1S/C25H31FN2O4/c1-4-31-22-13-10-19(15-23(22)32-5-2)17(3)27-24(29)20-7-6-14-28(16-20)25(30)18-8-11-21(26)12-9-18/h8-13,15,17,20H,4-7,14,16H2,1-3H3,(H,27,29)/t17-,20+/m0/s1. The van der Waals surface area contributed by atoms with Gasteiger partial charge in [-0.05, 0) is 75.6 Å². The molecule has 172 valence electrons. The zero-order valence-corrected chi connectivity index (χ0v) is 18.9. The Morgan fingerprint density at radius 1 is 1.09 bits per heavy atom. The predicted octanol–water partition coefficient (Wildman–Crippen LogP) is 4.35. The molecule has 1 saturated heterocycles. The molecular weight excluding hydrogens is 411 g/mol. The molecule has 0 unspecified atom stereocenters. The largest absolute Gasteiger partial charge is 0.490 e. The van der Waals surface area contributed by atoms with Gasteiger partial charge in [-0.15, -0.1) is 0 Å². The van der Waals surface area contributed by atoms with Crippen molar-refractivity contribution in [3.8, 4) is 11.5 Å². The number of likely N-dealkylation sites (tertiary alicyclic amines) is 1. The van der Waals surface area contributed by atoms with E-state index in [2.05, 4.69) is 5.32 Å². The highest BCUT2D eigenvalue weighted by molar-refractivity contribution is 5.94. The highest BCUT2D eigenvalue weighted by Crippen LogP contribution is 2.31. The molecule has 0 radical (unpaired) electrons. The number of amides is 2. The van der Waals surface area contributed by atoms with Gasteiger partial charge in [0, 0.05) is 18.7 Å². The van der Waals surface area contributed by atoms with Crippen molar-refractivity contribution in [1.82, 2.24) is 10.2 Å². The summed E-state index contributed by atoms with van der Waals surface area (Å²) in [6.45, 7) is 7.75. The Balaban J connectivity index is 1.64. The van der Waals surface area contributed by atoms with E-state index in [0.717, 1.165) is 18.4 Å². The maximum atomic E-state index is 13.2. The number of hydrogen-bond donors (Lipinski definition) is 1. The highest BCUT2D eigenvalue weighted by atomic mass is 19.1. The van der Waals surface area contributed by atoms with Crippen molar-refractivity contribution in [3.05, 3.63) is 59.4 Å². The van der Waals surface area contributed by atoms with Crippen LogP contribution in [-0.2, 0) is 4.79 Å². The Hall–Kier alpha value is -3.09. The van der Waals surface area contributed by atoms with Gasteiger partial charge in [-0.1, -0.05) is 6.07 Å².